The number of nitrogens with zero attached hydrogens (tertiary/aromatic N) is 1. The van der Waals surface area contributed by atoms with Gasteiger partial charge in [0.25, 0.3) is 0 Å². The van der Waals surface area contributed by atoms with E-state index in [1.807, 2.05) is 0 Å². The van der Waals surface area contributed by atoms with Gasteiger partial charge in [0.1, 0.15) is 21.4 Å². The topological polar surface area (TPSA) is 60.5 Å². The number of rotatable bonds is 5. The predicted molar refractivity (Wildman–Crippen MR) is 104 cm³/mol. The summed E-state index contributed by atoms with van der Waals surface area (Å²) in [6, 6.07) is 6.53. The first-order valence-corrected chi connectivity index (χ1v) is 9.27. The third kappa shape index (κ3) is 6.97. The molecule has 1 heterocycles. The summed E-state index contributed by atoms with van der Waals surface area (Å²) in [5, 5.41) is 1.78. The molecule has 158 valence electrons. The number of ether oxygens (including phenoxy) is 2. The highest BCUT2D eigenvalue weighted by Crippen LogP contribution is 2.42. The normalized spacial score (nSPS) is 11.9. The fourth-order valence-electron chi connectivity index (χ4n) is 2.21. The van der Waals surface area contributed by atoms with Crippen LogP contribution in [0, 0.1) is 0 Å². The highest BCUT2D eigenvalue weighted by atomic mass is 35.5. The van der Waals surface area contributed by atoms with Crippen molar-refractivity contribution in [1.29, 1.82) is 0 Å². The van der Waals surface area contributed by atoms with Gasteiger partial charge in [-0.1, -0.05) is 35.3 Å². The van der Waals surface area contributed by atoms with Crippen molar-refractivity contribution in [3.63, 3.8) is 0 Å². The lowest BCUT2D eigenvalue weighted by Crippen LogP contribution is -2.33. The van der Waals surface area contributed by atoms with Gasteiger partial charge in [0.2, 0.25) is 0 Å². The van der Waals surface area contributed by atoms with Gasteiger partial charge in [0, 0.05) is 6.54 Å². The van der Waals surface area contributed by atoms with Crippen LogP contribution in [0.4, 0.5) is 18.0 Å². The van der Waals surface area contributed by atoms with E-state index in [1.54, 1.807) is 45.0 Å². The standard InChI is InChI=1S/C19H19Cl2F3N2O3/c1-18(2,3)29-17(27)25-9-8-11-4-6-12(7-5-11)28-15-13(20)10-26-16(14(15)21)19(22,23)24/h4-7,10H,8-9H2,1-3H3,(H,25,27). The van der Waals surface area contributed by atoms with E-state index >= 15 is 0 Å². The molecule has 2 aromatic rings. The minimum Gasteiger partial charge on any atom is -0.454 e. The summed E-state index contributed by atoms with van der Waals surface area (Å²) in [5.74, 6) is -0.0769. The van der Waals surface area contributed by atoms with E-state index in [1.165, 1.54) is 0 Å². The van der Waals surface area contributed by atoms with E-state index < -0.39 is 28.6 Å². The van der Waals surface area contributed by atoms with Crippen molar-refractivity contribution in [1.82, 2.24) is 10.3 Å². The average Bonchev–Trinajstić information content (AvgIpc) is 2.57. The Balaban J connectivity index is 2.01. The third-order valence-electron chi connectivity index (χ3n) is 3.42. The average molecular weight is 451 g/mol. The third-order valence-corrected chi connectivity index (χ3v) is 4.04. The van der Waals surface area contributed by atoms with Crippen LogP contribution in [0.3, 0.4) is 0 Å². The number of alkyl carbamates (subject to hydrolysis) is 1. The summed E-state index contributed by atoms with van der Waals surface area (Å²) in [4.78, 5) is 14.8. The van der Waals surface area contributed by atoms with Crippen molar-refractivity contribution >= 4 is 29.3 Å². The van der Waals surface area contributed by atoms with Gasteiger partial charge in [0.15, 0.2) is 11.4 Å². The first kappa shape index (κ1) is 23.1. The molecule has 0 bridgehead atoms. The Bertz CT molecular complexity index is 867. The predicted octanol–water partition coefficient (Wildman–Crippen LogP) is 6.27. The number of benzene rings is 1. The van der Waals surface area contributed by atoms with E-state index in [0.29, 0.717) is 13.0 Å². The van der Waals surface area contributed by atoms with Crippen LogP contribution in [0.25, 0.3) is 0 Å². The minimum atomic E-state index is -4.73. The maximum Gasteiger partial charge on any atom is 0.434 e. The SMILES string of the molecule is CC(C)(C)OC(=O)NCCc1ccc(Oc2c(Cl)cnc(C(F)(F)F)c2Cl)cc1. The highest BCUT2D eigenvalue weighted by Gasteiger charge is 2.37. The number of halogens is 5. The number of aromatic nitrogens is 1. The number of carbonyl (C=O) groups excluding carboxylic acids is 1. The molecular weight excluding hydrogens is 432 g/mol. The second kappa shape index (κ2) is 9.09. The molecule has 0 aliphatic carbocycles. The second-order valence-corrected chi connectivity index (χ2v) is 7.81. The smallest absolute Gasteiger partial charge is 0.434 e. The maximum atomic E-state index is 12.9. The first-order chi connectivity index (χ1) is 13.4. The van der Waals surface area contributed by atoms with Gasteiger partial charge in [-0.2, -0.15) is 13.2 Å². The van der Waals surface area contributed by atoms with Gasteiger partial charge in [0.05, 0.1) is 6.20 Å². The Labute approximate surface area is 176 Å². The molecule has 0 radical (unpaired) electrons. The van der Waals surface area contributed by atoms with Gasteiger partial charge in [-0.15, -0.1) is 0 Å². The lowest BCUT2D eigenvalue weighted by molar-refractivity contribution is -0.141. The number of pyridine rings is 1. The van der Waals surface area contributed by atoms with Crippen molar-refractivity contribution in [2.45, 2.75) is 39.0 Å². The van der Waals surface area contributed by atoms with Crippen molar-refractivity contribution in [3.8, 4) is 11.5 Å². The summed E-state index contributed by atoms with van der Waals surface area (Å²) in [7, 11) is 0. The summed E-state index contributed by atoms with van der Waals surface area (Å²) in [5.41, 5.74) is -0.982. The summed E-state index contributed by atoms with van der Waals surface area (Å²) >= 11 is 11.7. The quantitative estimate of drug-likeness (QED) is 0.583. The molecule has 10 heteroatoms. The lowest BCUT2D eigenvalue weighted by atomic mass is 10.1. The zero-order valence-corrected chi connectivity index (χ0v) is 17.4. The van der Waals surface area contributed by atoms with Gasteiger partial charge in [-0.3, -0.25) is 0 Å². The zero-order valence-electron chi connectivity index (χ0n) is 15.9. The number of alkyl halides is 3. The highest BCUT2D eigenvalue weighted by molar-refractivity contribution is 6.37. The van der Waals surface area contributed by atoms with Gasteiger partial charge < -0.3 is 14.8 Å². The lowest BCUT2D eigenvalue weighted by Gasteiger charge is -2.19. The molecular formula is C19H19Cl2F3N2O3. The molecule has 1 aromatic carbocycles. The summed E-state index contributed by atoms with van der Waals surface area (Å²) in [6.45, 7) is 5.66. The van der Waals surface area contributed by atoms with E-state index in [0.717, 1.165) is 11.8 Å². The zero-order chi connectivity index (χ0) is 21.8. The van der Waals surface area contributed by atoms with Crippen LogP contribution in [-0.4, -0.2) is 23.2 Å². The van der Waals surface area contributed by atoms with Gasteiger partial charge in [-0.25, -0.2) is 9.78 Å². The Morgan fingerprint density at radius 2 is 1.76 bits per heavy atom. The Morgan fingerprint density at radius 1 is 1.14 bits per heavy atom. The maximum absolute atomic E-state index is 12.9. The fourth-order valence-corrected chi connectivity index (χ4v) is 2.73. The molecule has 2 rings (SSSR count). The molecule has 1 aromatic heterocycles. The molecule has 1 N–H and O–H groups in total. The molecule has 0 unspecified atom stereocenters. The van der Waals surface area contributed by atoms with E-state index in [4.69, 9.17) is 32.7 Å². The largest absolute Gasteiger partial charge is 0.454 e. The Hall–Kier alpha value is -2.19. The molecule has 0 saturated heterocycles. The van der Waals surface area contributed by atoms with E-state index in [2.05, 4.69) is 10.3 Å². The van der Waals surface area contributed by atoms with Crippen LogP contribution in [-0.2, 0) is 17.3 Å². The second-order valence-electron chi connectivity index (χ2n) is 7.02. The molecule has 29 heavy (non-hydrogen) atoms. The Morgan fingerprint density at radius 3 is 2.31 bits per heavy atom. The van der Waals surface area contributed by atoms with Crippen molar-refractivity contribution in [3.05, 3.63) is 51.8 Å². The van der Waals surface area contributed by atoms with Crippen molar-refractivity contribution < 1.29 is 27.4 Å². The monoisotopic (exact) mass is 450 g/mol. The summed E-state index contributed by atoms with van der Waals surface area (Å²) in [6.07, 6.45) is -3.89. The molecule has 5 nitrogen and oxygen atoms in total. The molecule has 0 aliphatic rings. The van der Waals surface area contributed by atoms with Crippen LogP contribution in [0.5, 0.6) is 11.5 Å². The van der Waals surface area contributed by atoms with E-state index in [9.17, 15) is 18.0 Å². The van der Waals surface area contributed by atoms with Crippen molar-refractivity contribution in [2.75, 3.05) is 6.54 Å². The van der Waals surface area contributed by atoms with E-state index in [-0.39, 0.29) is 16.5 Å². The van der Waals surface area contributed by atoms with Crippen LogP contribution >= 0.6 is 23.2 Å². The minimum absolute atomic E-state index is 0.145. The fraction of sp³-hybridized carbons (Fsp3) is 0.368. The number of amides is 1. The molecule has 0 fully saturated rings. The van der Waals surface area contributed by atoms with Crippen LogP contribution in [0.1, 0.15) is 32.0 Å². The van der Waals surface area contributed by atoms with Crippen LogP contribution < -0.4 is 10.1 Å². The molecule has 0 aliphatic heterocycles. The number of carbonyl (C=O) groups is 1. The molecule has 1 amide bonds. The van der Waals surface area contributed by atoms with Crippen LogP contribution in [0.2, 0.25) is 10.0 Å². The number of hydrogen-bond acceptors (Lipinski definition) is 4. The Kier molecular flexibility index (Phi) is 7.24. The molecule has 0 saturated carbocycles. The molecule has 0 spiro atoms. The number of hydrogen-bond donors (Lipinski definition) is 1. The van der Waals surface area contributed by atoms with Crippen molar-refractivity contribution in [2.24, 2.45) is 0 Å². The first-order valence-electron chi connectivity index (χ1n) is 8.51. The van der Waals surface area contributed by atoms with Crippen LogP contribution in [0.15, 0.2) is 30.5 Å². The van der Waals surface area contributed by atoms with Gasteiger partial charge in [-0.05, 0) is 44.9 Å². The van der Waals surface area contributed by atoms with Gasteiger partial charge >= 0.3 is 12.3 Å². The number of nitrogens with one attached hydrogen (secondary N) is 1. The summed E-state index contributed by atoms with van der Waals surface area (Å²) < 4.78 is 49.4. The molecule has 0 atom stereocenters.